The topological polar surface area (TPSA) is 37.8 Å². The van der Waals surface area contributed by atoms with E-state index in [1.807, 2.05) is 24.5 Å². The summed E-state index contributed by atoms with van der Waals surface area (Å²) >= 11 is 1.84. The number of fused-ring (bicyclic) bond motifs is 1. The molecule has 0 saturated heterocycles. The van der Waals surface area contributed by atoms with E-state index in [-0.39, 0.29) is 0 Å². The molecular formula is C16H17N3S. The van der Waals surface area contributed by atoms with E-state index in [0.717, 1.165) is 17.5 Å². The quantitative estimate of drug-likeness (QED) is 0.785. The van der Waals surface area contributed by atoms with Gasteiger partial charge in [-0.05, 0) is 43.3 Å². The highest BCUT2D eigenvalue weighted by atomic mass is 32.1. The standard InChI is InChI=1S/C16H17N3S/c1-3-12(17-2)16-7-6-15(20-16)11-4-5-13-14(10-11)19-9-8-18-13/h4-10,12,17H,3H2,1-2H3. The van der Waals surface area contributed by atoms with Crippen molar-refractivity contribution >= 4 is 22.4 Å². The van der Waals surface area contributed by atoms with Crippen LogP contribution >= 0.6 is 11.3 Å². The molecule has 4 heteroatoms. The van der Waals surface area contributed by atoms with Gasteiger partial charge in [-0.2, -0.15) is 0 Å². The molecule has 0 saturated carbocycles. The fourth-order valence-corrected chi connectivity index (χ4v) is 3.56. The molecule has 0 radical (unpaired) electrons. The van der Waals surface area contributed by atoms with Gasteiger partial charge in [0.2, 0.25) is 0 Å². The molecule has 2 heterocycles. The summed E-state index contributed by atoms with van der Waals surface area (Å²) in [6, 6.07) is 11.1. The van der Waals surface area contributed by atoms with Crippen LogP contribution in [0.5, 0.6) is 0 Å². The van der Waals surface area contributed by atoms with Crippen LogP contribution in [0.2, 0.25) is 0 Å². The summed E-state index contributed by atoms with van der Waals surface area (Å²) in [5.41, 5.74) is 3.09. The highest BCUT2D eigenvalue weighted by Gasteiger charge is 2.11. The molecule has 0 fully saturated rings. The van der Waals surface area contributed by atoms with Gasteiger partial charge in [0.25, 0.3) is 0 Å². The van der Waals surface area contributed by atoms with E-state index in [0.29, 0.717) is 6.04 Å². The third kappa shape index (κ3) is 2.44. The maximum Gasteiger partial charge on any atom is 0.0893 e. The third-order valence-corrected chi connectivity index (χ3v) is 4.73. The molecule has 3 rings (SSSR count). The minimum atomic E-state index is 0.439. The van der Waals surface area contributed by atoms with Crippen LogP contribution < -0.4 is 5.32 Å². The second-order valence-electron chi connectivity index (χ2n) is 4.71. The Bertz CT molecular complexity index is 716. The molecule has 1 unspecified atom stereocenters. The van der Waals surface area contributed by atoms with Gasteiger partial charge in [0.05, 0.1) is 11.0 Å². The predicted octanol–water partition coefficient (Wildman–Crippen LogP) is 4.03. The van der Waals surface area contributed by atoms with Gasteiger partial charge in [-0.15, -0.1) is 11.3 Å². The molecule has 0 aliphatic rings. The van der Waals surface area contributed by atoms with Crippen molar-refractivity contribution in [1.29, 1.82) is 0 Å². The zero-order valence-electron chi connectivity index (χ0n) is 11.6. The molecule has 3 nitrogen and oxygen atoms in total. The van der Waals surface area contributed by atoms with E-state index < -0.39 is 0 Å². The first-order valence-corrected chi connectivity index (χ1v) is 7.61. The van der Waals surface area contributed by atoms with Gasteiger partial charge in [-0.1, -0.05) is 13.0 Å². The number of hydrogen-bond acceptors (Lipinski definition) is 4. The summed E-state index contributed by atoms with van der Waals surface area (Å²) in [5.74, 6) is 0. The summed E-state index contributed by atoms with van der Waals surface area (Å²) in [7, 11) is 2.01. The summed E-state index contributed by atoms with van der Waals surface area (Å²) in [6.07, 6.45) is 4.56. The van der Waals surface area contributed by atoms with Crippen LogP contribution in [0.15, 0.2) is 42.7 Å². The first kappa shape index (κ1) is 13.2. The number of nitrogens with one attached hydrogen (secondary N) is 1. The van der Waals surface area contributed by atoms with Gasteiger partial charge in [-0.25, -0.2) is 0 Å². The van der Waals surface area contributed by atoms with Crippen molar-refractivity contribution in [2.45, 2.75) is 19.4 Å². The summed E-state index contributed by atoms with van der Waals surface area (Å²) < 4.78 is 0. The second kappa shape index (κ2) is 5.69. The van der Waals surface area contributed by atoms with Gasteiger partial charge < -0.3 is 5.32 Å². The monoisotopic (exact) mass is 283 g/mol. The van der Waals surface area contributed by atoms with Crippen molar-refractivity contribution in [3.8, 4) is 10.4 Å². The number of aromatic nitrogens is 2. The predicted molar refractivity (Wildman–Crippen MR) is 84.9 cm³/mol. The molecule has 0 spiro atoms. The molecule has 1 aromatic carbocycles. The molecule has 0 bridgehead atoms. The van der Waals surface area contributed by atoms with E-state index in [1.165, 1.54) is 15.3 Å². The SMILES string of the molecule is CCC(NC)c1ccc(-c2ccc3nccnc3c2)s1. The van der Waals surface area contributed by atoms with E-state index in [4.69, 9.17) is 0 Å². The third-order valence-electron chi connectivity index (χ3n) is 3.48. The average molecular weight is 283 g/mol. The Morgan fingerprint density at radius 2 is 1.90 bits per heavy atom. The number of nitrogens with zero attached hydrogens (tertiary/aromatic N) is 2. The zero-order valence-corrected chi connectivity index (χ0v) is 12.4. The fourth-order valence-electron chi connectivity index (χ4n) is 2.36. The van der Waals surface area contributed by atoms with Crippen molar-refractivity contribution in [3.63, 3.8) is 0 Å². The Labute approximate surface area is 122 Å². The van der Waals surface area contributed by atoms with E-state index >= 15 is 0 Å². The maximum atomic E-state index is 4.37. The Balaban J connectivity index is 1.98. The molecule has 0 aliphatic carbocycles. The highest BCUT2D eigenvalue weighted by Crippen LogP contribution is 2.33. The summed E-state index contributed by atoms with van der Waals surface area (Å²) in [6.45, 7) is 2.20. The van der Waals surface area contributed by atoms with Crippen LogP contribution in [0, 0.1) is 0 Å². The molecule has 2 aromatic heterocycles. The van der Waals surface area contributed by atoms with Gasteiger partial charge >= 0.3 is 0 Å². The van der Waals surface area contributed by atoms with Crippen molar-refractivity contribution in [3.05, 3.63) is 47.6 Å². The Hall–Kier alpha value is -1.78. The highest BCUT2D eigenvalue weighted by molar-refractivity contribution is 7.15. The average Bonchev–Trinajstić information content (AvgIpc) is 2.98. The first-order valence-electron chi connectivity index (χ1n) is 6.80. The maximum absolute atomic E-state index is 4.37. The van der Waals surface area contributed by atoms with Gasteiger partial charge in [0, 0.05) is 28.2 Å². The second-order valence-corrected chi connectivity index (χ2v) is 5.83. The minimum Gasteiger partial charge on any atom is -0.312 e. The molecule has 1 N–H and O–H groups in total. The van der Waals surface area contributed by atoms with Crippen molar-refractivity contribution in [2.75, 3.05) is 7.05 Å². The molecule has 0 aliphatic heterocycles. The lowest BCUT2D eigenvalue weighted by Crippen LogP contribution is -2.13. The number of hydrogen-bond donors (Lipinski definition) is 1. The minimum absolute atomic E-state index is 0.439. The summed E-state index contributed by atoms with van der Waals surface area (Å²) in [4.78, 5) is 11.3. The van der Waals surface area contributed by atoms with Crippen LogP contribution in [0.4, 0.5) is 0 Å². The normalized spacial score (nSPS) is 12.7. The molecule has 0 amide bonds. The lowest BCUT2D eigenvalue weighted by Gasteiger charge is -2.10. The lowest BCUT2D eigenvalue weighted by molar-refractivity contribution is 0.586. The Morgan fingerprint density at radius 3 is 2.65 bits per heavy atom. The van der Waals surface area contributed by atoms with Crippen LogP contribution in [-0.4, -0.2) is 17.0 Å². The van der Waals surface area contributed by atoms with Crippen molar-refractivity contribution < 1.29 is 0 Å². The van der Waals surface area contributed by atoms with Crippen LogP contribution in [0.3, 0.4) is 0 Å². The largest absolute Gasteiger partial charge is 0.312 e. The number of benzene rings is 1. The zero-order chi connectivity index (χ0) is 13.9. The van der Waals surface area contributed by atoms with Gasteiger partial charge in [-0.3, -0.25) is 9.97 Å². The number of rotatable bonds is 4. The Kier molecular flexibility index (Phi) is 3.76. The fraction of sp³-hybridized carbons (Fsp3) is 0.250. The molecule has 1 atom stereocenters. The van der Waals surface area contributed by atoms with Crippen LogP contribution in [0.1, 0.15) is 24.3 Å². The number of thiophene rings is 1. The van der Waals surface area contributed by atoms with E-state index in [9.17, 15) is 0 Å². The van der Waals surface area contributed by atoms with Gasteiger partial charge in [0.1, 0.15) is 0 Å². The smallest absolute Gasteiger partial charge is 0.0893 e. The van der Waals surface area contributed by atoms with Crippen LogP contribution in [0.25, 0.3) is 21.5 Å². The molecule has 102 valence electrons. The van der Waals surface area contributed by atoms with Crippen molar-refractivity contribution in [1.82, 2.24) is 15.3 Å². The first-order chi connectivity index (χ1) is 9.81. The van der Waals surface area contributed by atoms with Gasteiger partial charge in [0.15, 0.2) is 0 Å². The lowest BCUT2D eigenvalue weighted by atomic mass is 10.1. The molecule has 20 heavy (non-hydrogen) atoms. The molecular weight excluding hydrogens is 266 g/mol. The Morgan fingerprint density at radius 1 is 1.10 bits per heavy atom. The van der Waals surface area contributed by atoms with E-state index in [2.05, 4.69) is 46.5 Å². The van der Waals surface area contributed by atoms with E-state index in [1.54, 1.807) is 12.4 Å². The molecule has 3 aromatic rings. The van der Waals surface area contributed by atoms with Crippen LogP contribution in [-0.2, 0) is 0 Å². The summed E-state index contributed by atoms with van der Waals surface area (Å²) in [5, 5.41) is 3.35. The van der Waals surface area contributed by atoms with Crippen molar-refractivity contribution in [2.24, 2.45) is 0 Å².